The van der Waals surface area contributed by atoms with Crippen LogP contribution in [0.4, 0.5) is 5.69 Å². The van der Waals surface area contributed by atoms with Gasteiger partial charge in [-0.1, -0.05) is 20.8 Å². The molecule has 3 amide bonds. The van der Waals surface area contributed by atoms with Crippen LogP contribution in [-0.2, 0) is 14.4 Å². The summed E-state index contributed by atoms with van der Waals surface area (Å²) in [7, 11) is 0. The minimum Gasteiger partial charge on any atom is -0.494 e. The SMILES string of the molecule is CCOc1ccc(NC(=O)[C@H]2[C@H]3C(=O)N(CCCCO)C(C(=O)NC(C)(C)CC(C)(C)C)C34CC[C@]2(C)S4)cc1. The Hall–Kier alpha value is -2.26. The number of ether oxygens (including phenoxy) is 1. The van der Waals surface area contributed by atoms with Crippen molar-refractivity contribution >= 4 is 35.2 Å². The average Bonchev–Trinajstić information content (AvgIpc) is 3.39. The number of fused-ring (bicyclic) bond motifs is 1. The molecule has 0 aliphatic carbocycles. The van der Waals surface area contributed by atoms with Gasteiger partial charge in [0.15, 0.2) is 0 Å². The first-order chi connectivity index (χ1) is 18.7. The molecule has 5 atom stereocenters. The molecule has 0 radical (unpaired) electrons. The minimum absolute atomic E-state index is 0.0159. The molecule has 9 heteroatoms. The van der Waals surface area contributed by atoms with E-state index in [9.17, 15) is 19.5 Å². The molecule has 3 fully saturated rings. The predicted molar refractivity (Wildman–Crippen MR) is 159 cm³/mol. The van der Waals surface area contributed by atoms with Crippen LogP contribution in [0.1, 0.15) is 80.6 Å². The molecule has 1 spiro atoms. The van der Waals surface area contributed by atoms with Gasteiger partial charge >= 0.3 is 0 Å². The maximum atomic E-state index is 14.2. The number of anilines is 1. The van der Waals surface area contributed by atoms with E-state index in [1.54, 1.807) is 16.7 Å². The minimum atomic E-state index is -0.659. The highest BCUT2D eigenvalue weighted by atomic mass is 32.2. The normalized spacial score (nSPS) is 29.4. The third kappa shape index (κ3) is 5.87. The first kappa shape index (κ1) is 30.7. The zero-order chi connectivity index (χ0) is 29.5. The lowest BCUT2D eigenvalue weighted by Crippen LogP contribution is -2.58. The largest absolute Gasteiger partial charge is 0.494 e. The molecule has 3 saturated heterocycles. The Morgan fingerprint density at radius 1 is 1.10 bits per heavy atom. The maximum absolute atomic E-state index is 14.2. The molecule has 4 rings (SSSR count). The first-order valence-corrected chi connectivity index (χ1v) is 15.5. The van der Waals surface area contributed by atoms with Crippen molar-refractivity contribution in [3.8, 4) is 5.75 Å². The quantitative estimate of drug-likeness (QED) is 0.334. The van der Waals surface area contributed by atoms with Crippen LogP contribution >= 0.6 is 11.8 Å². The fourth-order valence-electron chi connectivity index (χ4n) is 7.55. The van der Waals surface area contributed by atoms with E-state index in [0.717, 1.165) is 18.6 Å². The molecule has 40 heavy (non-hydrogen) atoms. The fourth-order valence-corrected chi connectivity index (χ4v) is 9.91. The monoisotopic (exact) mass is 573 g/mol. The van der Waals surface area contributed by atoms with Gasteiger partial charge < -0.3 is 25.4 Å². The Kier molecular flexibility index (Phi) is 8.59. The number of hydrogen-bond donors (Lipinski definition) is 3. The van der Waals surface area contributed by atoms with E-state index in [2.05, 4.69) is 38.3 Å². The van der Waals surface area contributed by atoms with Gasteiger partial charge in [-0.15, -0.1) is 11.8 Å². The molecular formula is C31H47N3O5S. The number of thioether (sulfide) groups is 1. The van der Waals surface area contributed by atoms with E-state index in [1.807, 2.05) is 45.0 Å². The Morgan fingerprint density at radius 3 is 2.38 bits per heavy atom. The van der Waals surface area contributed by atoms with E-state index in [1.165, 1.54) is 0 Å². The summed E-state index contributed by atoms with van der Waals surface area (Å²) in [6, 6.07) is 6.61. The number of rotatable bonds is 11. The van der Waals surface area contributed by atoms with Crippen molar-refractivity contribution in [1.82, 2.24) is 10.2 Å². The van der Waals surface area contributed by atoms with Crippen LogP contribution in [0, 0.1) is 17.3 Å². The lowest BCUT2D eigenvalue weighted by atomic mass is 9.66. The van der Waals surface area contributed by atoms with Gasteiger partial charge in [0.25, 0.3) is 0 Å². The van der Waals surface area contributed by atoms with Crippen LogP contribution in [0.3, 0.4) is 0 Å². The summed E-state index contributed by atoms with van der Waals surface area (Å²) >= 11 is 1.68. The lowest BCUT2D eigenvalue weighted by Gasteiger charge is -2.38. The average molecular weight is 574 g/mol. The summed E-state index contributed by atoms with van der Waals surface area (Å²) in [5.41, 5.74) is 0.212. The van der Waals surface area contributed by atoms with E-state index >= 15 is 0 Å². The number of aliphatic hydroxyl groups is 1. The van der Waals surface area contributed by atoms with Crippen molar-refractivity contribution in [2.45, 2.75) is 102 Å². The van der Waals surface area contributed by atoms with Crippen LogP contribution in [0.25, 0.3) is 0 Å². The number of amides is 3. The van der Waals surface area contributed by atoms with Gasteiger partial charge in [-0.25, -0.2) is 0 Å². The Bertz CT molecular complexity index is 1120. The molecule has 2 bridgehead atoms. The number of nitrogens with zero attached hydrogens (tertiary/aromatic N) is 1. The number of carbonyl (C=O) groups excluding carboxylic acids is 3. The van der Waals surface area contributed by atoms with Crippen molar-refractivity contribution in [3.63, 3.8) is 0 Å². The van der Waals surface area contributed by atoms with Gasteiger partial charge in [0.1, 0.15) is 11.8 Å². The van der Waals surface area contributed by atoms with Crippen molar-refractivity contribution in [3.05, 3.63) is 24.3 Å². The topological polar surface area (TPSA) is 108 Å². The molecule has 8 nitrogen and oxygen atoms in total. The summed E-state index contributed by atoms with van der Waals surface area (Å²) in [5.74, 6) is -0.827. The number of nitrogens with one attached hydrogen (secondary N) is 2. The Labute approximate surface area is 243 Å². The van der Waals surface area contributed by atoms with Gasteiger partial charge in [-0.05, 0) is 89.5 Å². The summed E-state index contributed by atoms with van der Waals surface area (Å²) < 4.78 is 4.42. The number of likely N-dealkylation sites (tertiary alicyclic amines) is 1. The highest BCUT2D eigenvalue weighted by Gasteiger charge is 2.77. The molecule has 3 N–H and O–H groups in total. The van der Waals surface area contributed by atoms with Gasteiger partial charge in [0.2, 0.25) is 17.7 Å². The second kappa shape index (κ2) is 11.2. The van der Waals surface area contributed by atoms with E-state index in [-0.39, 0.29) is 29.7 Å². The summed E-state index contributed by atoms with van der Waals surface area (Å²) in [4.78, 5) is 43.9. The van der Waals surface area contributed by atoms with E-state index < -0.39 is 32.9 Å². The number of aliphatic hydroxyl groups excluding tert-OH is 1. The Morgan fingerprint density at radius 2 is 1.77 bits per heavy atom. The molecule has 2 unspecified atom stereocenters. The van der Waals surface area contributed by atoms with Crippen LogP contribution in [0.2, 0.25) is 0 Å². The molecular weight excluding hydrogens is 526 g/mol. The first-order valence-electron chi connectivity index (χ1n) is 14.6. The second-order valence-electron chi connectivity index (χ2n) is 13.7. The second-order valence-corrected chi connectivity index (χ2v) is 15.6. The van der Waals surface area contributed by atoms with Crippen molar-refractivity contribution < 1.29 is 24.2 Å². The van der Waals surface area contributed by atoms with Crippen LogP contribution in [0.5, 0.6) is 5.75 Å². The van der Waals surface area contributed by atoms with E-state index in [4.69, 9.17) is 4.74 Å². The number of hydrogen-bond acceptors (Lipinski definition) is 6. The molecule has 1 aromatic carbocycles. The third-order valence-corrected chi connectivity index (χ3v) is 10.5. The summed E-state index contributed by atoms with van der Waals surface area (Å²) in [6.07, 6.45) is 3.42. The zero-order valence-electron chi connectivity index (χ0n) is 25.1. The van der Waals surface area contributed by atoms with Gasteiger partial charge in [0, 0.05) is 29.1 Å². The van der Waals surface area contributed by atoms with Crippen molar-refractivity contribution in [2.75, 3.05) is 25.1 Å². The number of unbranched alkanes of at least 4 members (excludes halogenated alkanes) is 1. The number of carbonyl (C=O) groups is 3. The summed E-state index contributed by atoms with van der Waals surface area (Å²) in [6.45, 7) is 15.5. The predicted octanol–water partition coefficient (Wildman–Crippen LogP) is 4.61. The highest BCUT2D eigenvalue weighted by molar-refractivity contribution is 8.02. The highest BCUT2D eigenvalue weighted by Crippen LogP contribution is 2.71. The van der Waals surface area contributed by atoms with Crippen molar-refractivity contribution in [1.29, 1.82) is 0 Å². The molecule has 0 aromatic heterocycles. The fraction of sp³-hybridized carbons (Fsp3) is 0.710. The molecule has 3 heterocycles. The molecule has 3 aliphatic rings. The van der Waals surface area contributed by atoms with Gasteiger partial charge in [0.05, 0.1) is 23.2 Å². The molecule has 222 valence electrons. The molecule has 3 aliphatic heterocycles. The van der Waals surface area contributed by atoms with Gasteiger partial charge in [-0.2, -0.15) is 0 Å². The van der Waals surface area contributed by atoms with Crippen LogP contribution < -0.4 is 15.4 Å². The van der Waals surface area contributed by atoms with Crippen LogP contribution in [0.15, 0.2) is 24.3 Å². The lowest BCUT2D eigenvalue weighted by molar-refractivity contribution is -0.140. The van der Waals surface area contributed by atoms with E-state index in [0.29, 0.717) is 38.1 Å². The zero-order valence-corrected chi connectivity index (χ0v) is 26.0. The maximum Gasteiger partial charge on any atom is 0.244 e. The summed E-state index contributed by atoms with van der Waals surface area (Å²) in [5, 5.41) is 15.7. The van der Waals surface area contributed by atoms with Gasteiger partial charge in [-0.3, -0.25) is 14.4 Å². The standard InChI is InChI=1S/C31H47N3O5S/c1-8-39-21-13-11-20(12-14-21)32-25(36)22-23-27(38)34(17-9-10-18-35)24(31(23)16-15-30(22,7)40-31)26(37)33-29(5,6)19-28(2,3)4/h11-14,22-24,35H,8-10,15-19H2,1-7H3,(H,32,36)(H,33,37)/t22-,23+,24?,30+,31?/m1/s1. The smallest absolute Gasteiger partial charge is 0.244 e. The van der Waals surface area contributed by atoms with Crippen molar-refractivity contribution in [2.24, 2.45) is 17.3 Å². The molecule has 0 saturated carbocycles. The molecule has 1 aromatic rings. The Balaban J connectivity index is 1.64. The third-order valence-electron chi connectivity index (χ3n) is 8.48. The van der Waals surface area contributed by atoms with Crippen LogP contribution in [-0.4, -0.2) is 68.6 Å². The number of benzene rings is 1.